The monoisotopic (exact) mass is 253 g/mol. The van der Waals surface area contributed by atoms with Crippen LogP contribution in [0.2, 0.25) is 0 Å². The minimum absolute atomic E-state index is 0.265. The summed E-state index contributed by atoms with van der Waals surface area (Å²) in [7, 11) is 1.71. The number of nitrogens with zero attached hydrogens (tertiary/aromatic N) is 3. The summed E-state index contributed by atoms with van der Waals surface area (Å²) in [6, 6.07) is 2.23. The first kappa shape index (κ1) is 12.3. The Morgan fingerprint density at radius 1 is 1.53 bits per heavy atom. The van der Waals surface area contributed by atoms with Crippen LogP contribution in [0, 0.1) is 0 Å². The lowest BCUT2D eigenvalue weighted by molar-refractivity contribution is 0.154. The van der Waals surface area contributed by atoms with Gasteiger partial charge in [-0.25, -0.2) is 4.98 Å². The van der Waals surface area contributed by atoms with Crippen molar-refractivity contribution >= 4 is 22.6 Å². The van der Waals surface area contributed by atoms with Crippen molar-refractivity contribution in [3.05, 3.63) is 24.3 Å². The van der Waals surface area contributed by atoms with E-state index < -0.39 is 0 Å². The van der Waals surface area contributed by atoms with E-state index in [9.17, 15) is 0 Å². The molecule has 0 amide bonds. The van der Waals surface area contributed by atoms with Crippen LogP contribution in [-0.4, -0.2) is 28.3 Å². The van der Waals surface area contributed by atoms with Gasteiger partial charge in [-0.1, -0.05) is 6.92 Å². The number of methoxy groups -OCH3 is 1. The van der Waals surface area contributed by atoms with Crippen LogP contribution in [0.4, 0.5) is 0 Å². The van der Waals surface area contributed by atoms with Crippen molar-refractivity contribution in [1.29, 1.82) is 0 Å². The van der Waals surface area contributed by atoms with Gasteiger partial charge in [-0.3, -0.25) is 4.98 Å². The van der Waals surface area contributed by atoms with E-state index in [1.165, 1.54) is 0 Å². The van der Waals surface area contributed by atoms with Crippen LogP contribution in [0.1, 0.15) is 25.2 Å². The molecule has 0 N–H and O–H groups in total. The van der Waals surface area contributed by atoms with Crippen LogP contribution in [0.3, 0.4) is 0 Å². The third-order valence-corrected chi connectivity index (χ3v) is 3.12. The molecule has 0 aliphatic heterocycles. The standard InChI is InChI=1S/C12H16ClN3O/c1-3-9(8-17-2)16-11-4-5-14-7-10(11)15-12(16)6-13/h4-5,7,9H,3,6,8H2,1-2H3. The second kappa shape index (κ2) is 5.47. The number of hydrogen-bond donors (Lipinski definition) is 0. The highest BCUT2D eigenvalue weighted by molar-refractivity contribution is 6.16. The van der Waals surface area contributed by atoms with Crippen molar-refractivity contribution in [2.24, 2.45) is 0 Å². The number of alkyl halides is 1. The molecule has 0 aliphatic rings. The zero-order chi connectivity index (χ0) is 12.3. The quantitative estimate of drug-likeness (QED) is 0.770. The maximum Gasteiger partial charge on any atom is 0.125 e. The van der Waals surface area contributed by atoms with E-state index in [4.69, 9.17) is 16.3 Å². The molecule has 92 valence electrons. The van der Waals surface area contributed by atoms with Gasteiger partial charge in [0.05, 0.1) is 30.2 Å². The molecule has 0 spiro atoms. The predicted octanol–water partition coefficient (Wildman–Crippen LogP) is 2.77. The van der Waals surface area contributed by atoms with E-state index >= 15 is 0 Å². The van der Waals surface area contributed by atoms with E-state index in [2.05, 4.69) is 21.5 Å². The summed E-state index contributed by atoms with van der Waals surface area (Å²) < 4.78 is 7.42. The van der Waals surface area contributed by atoms with Crippen LogP contribution in [0.5, 0.6) is 0 Å². The number of fused-ring (bicyclic) bond motifs is 1. The molecule has 2 aromatic heterocycles. The van der Waals surface area contributed by atoms with E-state index in [0.29, 0.717) is 12.5 Å². The van der Waals surface area contributed by atoms with E-state index in [1.54, 1.807) is 19.5 Å². The SMILES string of the molecule is CCC(COC)n1c(CCl)nc2cnccc21. The minimum atomic E-state index is 0.265. The Hall–Kier alpha value is -1.13. The Morgan fingerprint density at radius 2 is 2.35 bits per heavy atom. The lowest BCUT2D eigenvalue weighted by atomic mass is 10.2. The van der Waals surface area contributed by atoms with E-state index in [1.807, 2.05) is 6.07 Å². The fraction of sp³-hybridized carbons (Fsp3) is 0.500. The van der Waals surface area contributed by atoms with Gasteiger partial charge < -0.3 is 9.30 Å². The summed E-state index contributed by atoms with van der Waals surface area (Å²) >= 11 is 5.96. The molecule has 1 unspecified atom stereocenters. The Bertz CT molecular complexity index is 497. The molecule has 0 radical (unpaired) electrons. The first-order valence-electron chi connectivity index (χ1n) is 5.67. The lowest BCUT2D eigenvalue weighted by Gasteiger charge is -2.18. The van der Waals surface area contributed by atoms with Gasteiger partial charge in [-0.05, 0) is 12.5 Å². The topological polar surface area (TPSA) is 39.9 Å². The van der Waals surface area contributed by atoms with Crippen LogP contribution in [0.15, 0.2) is 18.5 Å². The minimum Gasteiger partial charge on any atom is -0.383 e. The Morgan fingerprint density at radius 3 is 3.00 bits per heavy atom. The molecule has 2 aromatic rings. The molecule has 0 saturated carbocycles. The lowest BCUT2D eigenvalue weighted by Crippen LogP contribution is -2.16. The van der Waals surface area contributed by atoms with Crippen molar-refractivity contribution in [3.8, 4) is 0 Å². The number of pyridine rings is 1. The molecule has 17 heavy (non-hydrogen) atoms. The number of halogens is 1. The zero-order valence-electron chi connectivity index (χ0n) is 10.1. The van der Waals surface area contributed by atoms with Crippen molar-refractivity contribution in [2.75, 3.05) is 13.7 Å². The number of ether oxygens (including phenoxy) is 1. The van der Waals surface area contributed by atoms with Gasteiger partial charge in [-0.15, -0.1) is 11.6 Å². The Labute approximate surface area is 106 Å². The molecule has 2 rings (SSSR count). The largest absolute Gasteiger partial charge is 0.383 e. The predicted molar refractivity (Wildman–Crippen MR) is 68.3 cm³/mol. The second-order valence-corrected chi connectivity index (χ2v) is 4.18. The van der Waals surface area contributed by atoms with Gasteiger partial charge in [0.25, 0.3) is 0 Å². The Kier molecular flexibility index (Phi) is 3.97. The molecule has 4 nitrogen and oxygen atoms in total. The van der Waals surface area contributed by atoms with Crippen molar-refractivity contribution < 1.29 is 4.74 Å². The summed E-state index contributed by atoms with van der Waals surface area (Å²) in [4.78, 5) is 8.58. The summed E-state index contributed by atoms with van der Waals surface area (Å²) in [5, 5.41) is 0. The molecule has 1 atom stereocenters. The maximum atomic E-state index is 5.96. The molecular weight excluding hydrogens is 238 g/mol. The van der Waals surface area contributed by atoms with Gasteiger partial charge in [0.1, 0.15) is 11.3 Å². The third-order valence-electron chi connectivity index (χ3n) is 2.88. The van der Waals surface area contributed by atoms with E-state index in [0.717, 1.165) is 23.3 Å². The van der Waals surface area contributed by atoms with Gasteiger partial charge >= 0.3 is 0 Å². The smallest absolute Gasteiger partial charge is 0.125 e. The zero-order valence-corrected chi connectivity index (χ0v) is 10.8. The van der Waals surface area contributed by atoms with Crippen LogP contribution >= 0.6 is 11.6 Å². The summed E-state index contributed by atoms with van der Waals surface area (Å²) in [5.41, 5.74) is 1.96. The number of rotatable bonds is 5. The van der Waals surface area contributed by atoms with Gasteiger partial charge in [0.15, 0.2) is 0 Å². The molecule has 0 aliphatic carbocycles. The average Bonchev–Trinajstić information content (AvgIpc) is 2.74. The first-order chi connectivity index (χ1) is 8.31. The third kappa shape index (κ3) is 2.28. The summed E-state index contributed by atoms with van der Waals surface area (Å²) in [6.45, 7) is 2.79. The highest BCUT2D eigenvalue weighted by atomic mass is 35.5. The summed E-state index contributed by atoms with van der Waals surface area (Å²) in [5.74, 6) is 1.27. The van der Waals surface area contributed by atoms with Crippen LogP contribution < -0.4 is 0 Å². The molecule has 0 saturated heterocycles. The van der Waals surface area contributed by atoms with Gasteiger partial charge in [0.2, 0.25) is 0 Å². The molecule has 0 aromatic carbocycles. The number of hydrogen-bond acceptors (Lipinski definition) is 3. The van der Waals surface area contributed by atoms with Crippen LogP contribution in [-0.2, 0) is 10.6 Å². The van der Waals surface area contributed by atoms with Crippen molar-refractivity contribution in [1.82, 2.24) is 14.5 Å². The molecule has 0 fully saturated rings. The first-order valence-corrected chi connectivity index (χ1v) is 6.21. The highest BCUT2D eigenvalue weighted by Gasteiger charge is 2.17. The summed E-state index contributed by atoms with van der Waals surface area (Å²) in [6.07, 6.45) is 4.52. The van der Waals surface area contributed by atoms with Gasteiger partial charge in [0, 0.05) is 13.3 Å². The van der Waals surface area contributed by atoms with Crippen LogP contribution in [0.25, 0.3) is 11.0 Å². The molecule has 5 heteroatoms. The average molecular weight is 254 g/mol. The molecule has 0 bridgehead atoms. The normalized spacial score (nSPS) is 13.1. The highest BCUT2D eigenvalue weighted by Crippen LogP contribution is 2.23. The fourth-order valence-electron chi connectivity index (χ4n) is 2.07. The fourth-order valence-corrected chi connectivity index (χ4v) is 2.26. The van der Waals surface area contributed by atoms with E-state index in [-0.39, 0.29) is 6.04 Å². The molecular formula is C12H16ClN3O. The number of aromatic nitrogens is 3. The number of imidazole rings is 1. The maximum absolute atomic E-state index is 5.96. The van der Waals surface area contributed by atoms with Gasteiger partial charge in [-0.2, -0.15) is 0 Å². The van der Waals surface area contributed by atoms with Crippen molar-refractivity contribution in [2.45, 2.75) is 25.3 Å². The molecule has 2 heterocycles. The second-order valence-electron chi connectivity index (χ2n) is 3.91. The van der Waals surface area contributed by atoms with Crippen molar-refractivity contribution in [3.63, 3.8) is 0 Å². The Balaban J connectivity index is 2.55.